The fourth-order valence-electron chi connectivity index (χ4n) is 3.03. The first-order chi connectivity index (χ1) is 10.8. The second kappa shape index (κ2) is 8.94. The van der Waals surface area contributed by atoms with Gasteiger partial charge in [-0.15, -0.1) is 0 Å². The summed E-state index contributed by atoms with van der Waals surface area (Å²) in [6.07, 6.45) is 2.92. The van der Waals surface area contributed by atoms with Gasteiger partial charge in [-0.25, -0.2) is 0 Å². The minimum Gasteiger partial charge on any atom is -0.361 e. The van der Waals surface area contributed by atoms with Crippen LogP contribution in [0.4, 0.5) is 0 Å². The molecule has 5 nitrogen and oxygen atoms in total. The Balaban J connectivity index is 2.60. The van der Waals surface area contributed by atoms with E-state index in [-0.39, 0.29) is 5.41 Å². The number of aliphatic imine (C=N–C) groups is 1. The molecule has 1 aromatic rings. The summed E-state index contributed by atoms with van der Waals surface area (Å²) in [5.41, 5.74) is 2.44. The van der Waals surface area contributed by atoms with Crippen LogP contribution in [0.15, 0.2) is 9.52 Å². The van der Waals surface area contributed by atoms with Gasteiger partial charge >= 0.3 is 0 Å². The molecule has 0 bridgehead atoms. The number of hydrogen-bond donors (Lipinski definition) is 2. The zero-order chi connectivity index (χ0) is 17.5. The van der Waals surface area contributed by atoms with Gasteiger partial charge in [0.2, 0.25) is 0 Å². The molecule has 2 N–H and O–H groups in total. The minimum absolute atomic E-state index is 0.242. The Hall–Kier alpha value is -1.52. The van der Waals surface area contributed by atoms with E-state index in [1.807, 2.05) is 0 Å². The molecular weight excluding hydrogens is 288 g/mol. The highest BCUT2D eigenvalue weighted by atomic mass is 16.5. The second-order valence-electron chi connectivity index (χ2n) is 7.28. The first-order valence-corrected chi connectivity index (χ1v) is 8.73. The van der Waals surface area contributed by atoms with Crippen molar-refractivity contribution in [1.82, 2.24) is 15.8 Å². The summed E-state index contributed by atoms with van der Waals surface area (Å²) in [5, 5.41) is 11.0. The largest absolute Gasteiger partial charge is 0.361 e. The average Bonchev–Trinajstić information content (AvgIpc) is 2.88. The van der Waals surface area contributed by atoms with Crippen LogP contribution in [0.25, 0.3) is 0 Å². The SMILES string of the molecule is CCc1noc(CC)c1CNC(=NC)NCC(C)(C)CC(C)C. The van der Waals surface area contributed by atoms with Crippen molar-refractivity contribution in [3.63, 3.8) is 0 Å². The van der Waals surface area contributed by atoms with Crippen molar-refractivity contribution in [2.75, 3.05) is 13.6 Å². The highest BCUT2D eigenvalue weighted by molar-refractivity contribution is 5.79. The summed E-state index contributed by atoms with van der Waals surface area (Å²) in [6.45, 7) is 14.9. The van der Waals surface area contributed by atoms with Gasteiger partial charge in [0.05, 0.1) is 5.69 Å². The molecule has 0 fully saturated rings. The lowest BCUT2D eigenvalue weighted by molar-refractivity contribution is 0.286. The number of rotatable bonds is 8. The van der Waals surface area contributed by atoms with Crippen LogP contribution in [-0.2, 0) is 19.4 Å². The maximum atomic E-state index is 5.41. The van der Waals surface area contributed by atoms with Crippen molar-refractivity contribution in [2.45, 2.75) is 67.3 Å². The van der Waals surface area contributed by atoms with Crippen LogP contribution < -0.4 is 10.6 Å². The molecule has 0 atom stereocenters. The van der Waals surface area contributed by atoms with Crippen LogP contribution in [0, 0.1) is 11.3 Å². The highest BCUT2D eigenvalue weighted by Crippen LogP contribution is 2.24. The Morgan fingerprint density at radius 1 is 1.22 bits per heavy atom. The summed E-state index contributed by atoms with van der Waals surface area (Å²) < 4.78 is 5.41. The van der Waals surface area contributed by atoms with E-state index in [4.69, 9.17) is 4.52 Å². The average molecular weight is 322 g/mol. The number of nitrogens with one attached hydrogen (secondary N) is 2. The maximum Gasteiger partial charge on any atom is 0.191 e. The maximum absolute atomic E-state index is 5.41. The van der Waals surface area contributed by atoms with Crippen LogP contribution in [0.5, 0.6) is 0 Å². The highest BCUT2D eigenvalue weighted by Gasteiger charge is 2.20. The lowest BCUT2D eigenvalue weighted by atomic mass is 9.84. The van der Waals surface area contributed by atoms with Gasteiger partial charge in [0, 0.05) is 32.1 Å². The predicted octanol–water partition coefficient (Wildman–Crippen LogP) is 3.54. The van der Waals surface area contributed by atoms with Crippen LogP contribution in [0.2, 0.25) is 0 Å². The van der Waals surface area contributed by atoms with Crippen molar-refractivity contribution < 1.29 is 4.52 Å². The van der Waals surface area contributed by atoms with Gasteiger partial charge in [-0.1, -0.05) is 46.7 Å². The molecule has 0 spiro atoms. The van der Waals surface area contributed by atoms with Gasteiger partial charge in [-0.2, -0.15) is 0 Å². The lowest BCUT2D eigenvalue weighted by Gasteiger charge is -2.28. The van der Waals surface area contributed by atoms with Gasteiger partial charge in [-0.3, -0.25) is 4.99 Å². The molecule has 0 aromatic carbocycles. The first kappa shape index (κ1) is 19.5. The quantitative estimate of drug-likeness (QED) is 0.568. The summed E-state index contributed by atoms with van der Waals surface area (Å²) >= 11 is 0. The van der Waals surface area contributed by atoms with Crippen molar-refractivity contribution in [2.24, 2.45) is 16.3 Å². The molecule has 1 aromatic heterocycles. The van der Waals surface area contributed by atoms with E-state index in [1.54, 1.807) is 7.05 Å². The normalized spacial score (nSPS) is 12.8. The third-order valence-corrected chi connectivity index (χ3v) is 3.96. The molecule has 1 heterocycles. The van der Waals surface area contributed by atoms with E-state index in [9.17, 15) is 0 Å². The number of nitrogens with zero attached hydrogens (tertiary/aromatic N) is 2. The third-order valence-electron chi connectivity index (χ3n) is 3.96. The molecule has 0 amide bonds. The molecule has 1 rings (SSSR count). The Bertz CT molecular complexity index is 482. The Kier molecular flexibility index (Phi) is 7.59. The van der Waals surface area contributed by atoms with E-state index in [0.29, 0.717) is 12.5 Å². The standard InChI is InChI=1S/C18H34N4O/c1-8-15-14(16(9-2)23-22-15)11-20-17(19-7)21-12-18(5,6)10-13(3)4/h13H,8-12H2,1-7H3,(H2,19,20,21). The van der Waals surface area contributed by atoms with Crippen LogP contribution in [0.3, 0.4) is 0 Å². The molecule has 0 saturated carbocycles. The fraction of sp³-hybridized carbons (Fsp3) is 0.778. The van der Waals surface area contributed by atoms with Crippen molar-refractivity contribution in [1.29, 1.82) is 0 Å². The minimum atomic E-state index is 0.242. The van der Waals surface area contributed by atoms with Gasteiger partial charge in [0.15, 0.2) is 5.96 Å². The molecule has 0 unspecified atom stereocenters. The molecule has 23 heavy (non-hydrogen) atoms. The number of guanidine groups is 1. The Morgan fingerprint density at radius 3 is 2.43 bits per heavy atom. The van der Waals surface area contributed by atoms with E-state index >= 15 is 0 Å². The number of aromatic nitrogens is 1. The third kappa shape index (κ3) is 6.24. The molecule has 0 aliphatic heterocycles. The number of aryl methyl sites for hydroxylation is 2. The van der Waals surface area contributed by atoms with E-state index in [1.165, 1.54) is 12.0 Å². The van der Waals surface area contributed by atoms with Crippen molar-refractivity contribution >= 4 is 5.96 Å². The zero-order valence-corrected chi connectivity index (χ0v) is 15.9. The van der Waals surface area contributed by atoms with Gasteiger partial charge in [-0.05, 0) is 24.2 Å². The van der Waals surface area contributed by atoms with Gasteiger partial charge < -0.3 is 15.2 Å². The summed E-state index contributed by atoms with van der Waals surface area (Å²) in [5.74, 6) is 2.48. The summed E-state index contributed by atoms with van der Waals surface area (Å²) in [7, 11) is 1.81. The molecule has 132 valence electrons. The summed E-state index contributed by atoms with van der Waals surface area (Å²) in [4.78, 5) is 4.32. The number of hydrogen-bond acceptors (Lipinski definition) is 3. The molecule has 0 radical (unpaired) electrons. The topological polar surface area (TPSA) is 62.5 Å². The zero-order valence-electron chi connectivity index (χ0n) is 15.9. The monoisotopic (exact) mass is 322 g/mol. The molecule has 5 heteroatoms. The first-order valence-electron chi connectivity index (χ1n) is 8.73. The van der Waals surface area contributed by atoms with Crippen LogP contribution in [-0.4, -0.2) is 24.7 Å². The van der Waals surface area contributed by atoms with E-state index < -0.39 is 0 Å². The van der Waals surface area contributed by atoms with Gasteiger partial charge in [0.1, 0.15) is 5.76 Å². The van der Waals surface area contributed by atoms with Crippen LogP contribution in [0.1, 0.15) is 65.0 Å². The van der Waals surface area contributed by atoms with Crippen molar-refractivity contribution in [3.8, 4) is 0 Å². The van der Waals surface area contributed by atoms with Crippen molar-refractivity contribution in [3.05, 3.63) is 17.0 Å². The smallest absolute Gasteiger partial charge is 0.191 e. The second-order valence-corrected chi connectivity index (χ2v) is 7.28. The Labute approximate surface area is 141 Å². The predicted molar refractivity (Wildman–Crippen MR) is 96.7 cm³/mol. The van der Waals surface area contributed by atoms with E-state index in [2.05, 4.69) is 62.3 Å². The lowest BCUT2D eigenvalue weighted by Crippen LogP contribution is -2.42. The van der Waals surface area contributed by atoms with Gasteiger partial charge in [0.25, 0.3) is 0 Å². The molecule has 0 aliphatic carbocycles. The molecule has 0 aliphatic rings. The fourth-order valence-corrected chi connectivity index (χ4v) is 3.03. The Morgan fingerprint density at radius 2 is 1.91 bits per heavy atom. The van der Waals surface area contributed by atoms with E-state index in [0.717, 1.165) is 36.8 Å². The molecular formula is C18H34N4O. The molecule has 0 saturated heterocycles. The van der Waals surface area contributed by atoms with Crippen LogP contribution >= 0.6 is 0 Å². The summed E-state index contributed by atoms with van der Waals surface area (Å²) in [6, 6.07) is 0.